The minimum absolute atomic E-state index is 0.0323. The highest BCUT2D eigenvalue weighted by Gasteiger charge is 2.46. The molecule has 1 fully saturated rings. The van der Waals surface area contributed by atoms with Gasteiger partial charge in [-0.25, -0.2) is 14.2 Å². The Bertz CT molecular complexity index is 1730. The fourth-order valence-electron chi connectivity index (χ4n) is 7.28. The van der Waals surface area contributed by atoms with Crippen molar-refractivity contribution in [2.24, 2.45) is 0 Å². The zero-order valence-corrected chi connectivity index (χ0v) is 23.0. The molecule has 0 bridgehead atoms. The summed E-state index contributed by atoms with van der Waals surface area (Å²) in [7, 11) is 0. The molecule has 0 radical (unpaired) electrons. The monoisotopic (exact) mass is 562 g/mol. The normalized spacial score (nSPS) is 23.3. The molecular weight excluding hydrogens is 531 g/mol. The minimum atomic E-state index is -1.93. The SMILES string of the molecule is CC[C@@]1(O)C(=O)OCc2c1cc1n(c2=O)Cc2c-1nc1cc(F)c(C)c3c1c2[C@@H](N1CCN(C(=O)CO)CC1)CC3. The van der Waals surface area contributed by atoms with Crippen LogP contribution in [0.2, 0.25) is 0 Å². The van der Waals surface area contributed by atoms with Crippen LogP contribution in [0.1, 0.15) is 59.2 Å². The molecule has 3 aromatic rings. The number of aliphatic hydroxyl groups excluding tert-OH is 1. The van der Waals surface area contributed by atoms with Gasteiger partial charge in [0.25, 0.3) is 5.56 Å². The molecular formula is C30H31FN4O6. The average Bonchev–Trinajstić information content (AvgIpc) is 3.36. The number of esters is 1. The molecule has 1 aromatic carbocycles. The van der Waals surface area contributed by atoms with Crippen molar-refractivity contribution in [2.75, 3.05) is 32.8 Å². The van der Waals surface area contributed by atoms with E-state index < -0.39 is 18.2 Å². The third kappa shape index (κ3) is 3.58. The Morgan fingerprint density at radius 2 is 1.93 bits per heavy atom. The third-order valence-corrected chi connectivity index (χ3v) is 9.59. The first kappa shape index (κ1) is 26.2. The lowest BCUT2D eigenvalue weighted by Crippen LogP contribution is -2.50. The molecule has 11 heteroatoms. The van der Waals surface area contributed by atoms with E-state index in [9.17, 15) is 24.6 Å². The fraction of sp³-hybridized carbons (Fsp3) is 0.467. The van der Waals surface area contributed by atoms with E-state index in [-0.39, 0.29) is 54.0 Å². The number of carbonyl (C=O) groups is 2. The van der Waals surface area contributed by atoms with E-state index >= 15 is 4.39 Å². The van der Waals surface area contributed by atoms with Crippen molar-refractivity contribution in [1.82, 2.24) is 19.4 Å². The Kier molecular flexibility index (Phi) is 5.87. The van der Waals surface area contributed by atoms with Crippen molar-refractivity contribution in [3.63, 3.8) is 0 Å². The second-order valence-electron chi connectivity index (χ2n) is 11.4. The summed E-state index contributed by atoms with van der Waals surface area (Å²) in [4.78, 5) is 47.3. The fourth-order valence-corrected chi connectivity index (χ4v) is 7.28. The Morgan fingerprint density at radius 3 is 2.63 bits per heavy atom. The molecule has 0 spiro atoms. The Morgan fingerprint density at radius 1 is 1.17 bits per heavy atom. The van der Waals surface area contributed by atoms with E-state index in [1.165, 1.54) is 6.07 Å². The number of benzene rings is 1. The van der Waals surface area contributed by atoms with E-state index in [2.05, 4.69) is 4.90 Å². The number of ether oxygens (including phenoxy) is 1. The highest BCUT2D eigenvalue weighted by Crippen LogP contribution is 2.47. The number of nitrogens with zero attached hydrogens (tertiary/aromatic N) is 4. The molecule has 5 heterocycles. The van der Waals surface area contributed by atoms with Crippen LogP contribution in [0.3, 0.4) is 0 Å². The van der Waals surface area contributed by atoms with Gasteiger partial charge in [-0.3, -0.25) is 14.5 Å². The smallest absolute Gasteiger partial charge is 0.343 e. The number of aromatic nitrogens is 2. The number of aryl methyl sites for hydroxylation is 1. The van der Waals surface area contributed by atoms with Crippen LogP contribution in [0, 0.1) is 12.7 Å². The molecule has 4 aliphatic rings. The molecule has 0 unspecified atom stereocenters. The van der Waals surface area contributed by atoms with Crippen LogP contribution in [-0.4, -0.2) is 74.2 Å². The summed E-state index contributed by atoms with van der Waals surface area (Å²) in [6.07, 6.45) is 1.47. The van der Waals surface area contributed by atoms with Crippen LogP contribution in [0.5, 0.6) is 0 Å². The molecule has 3 aliphatic heterocycles. The molecule has 2 atom stereocenters. The number of aliphatic hydroxyl groups is 2. The molecule has 214 valence electrons. The van der Waals surface area contributed by atoms with Crippen LogP contribution in [0.15, 0.2) is 16.9 Å². The summed E-state index contributed by atoms with van der Waals surface area (Å²) in [6, 6.07) is 3.10. The first-order valence-corrected chi connectivity index (χ1v) is 14.1. The maximum absolute atomic E-state index is 15.1. The number of fused-ring (bicyclic) bond motifs is 5. The second-order valence-corrected chi connectivity index (χ2v) is 11.4. The van der Waals surface area contributed by atoms with Crippen molar-refractivity contribution in [3.05, 3.63) is 61.7 Å². The zero-order chi connectivity index (χ0) is 28.8. The summed E-state index contributed by atoms with van der Waals surface area (Å²) in [5.41, 5.74) is 3.23. The molecule has 10 nitrogen and oxygen atoms in total. The van der Waals surface area contributed by atoms with Gasteiger partial charge in [0.15, 0.2) is 5.60 Å². The predicted molar refractivity (Wildman–Crippen MR) is 146 cm³/mol. The number of halogens is 1. The lowest BCUT2D eigenvalue weighted by atomic mass is 9.81. The van der Waals surface area contributed by atoms with Crippen molar-refractivity contribution in [1.29, 1.82) is 0 Å². The molecule has 2 aromatic heterocycles. The maximum Gasteiger partial charge on any atom is 0.343 e. The first-order chi connectivity index (χ1) is 19.7. The highest BCUT2D eigenvalue weighted by molar-refractivity contribution is 5.93. The van der Waals surface area contributed by atoms with Gasteiger partial charge in [-0.05, 0) is 48.9 Å². The van der Waals surface area contributed by atoms with Crippen molar-refractivity contribution < 1.29 is 28.9 Å². The molecule has 1 amide bonds. The van der Waals surface area contributed by atoms with Crippen molar-refractivity contribution in [2.45, 2.75) is 57.9 Å². The molecule has 1 aliphatic carbocycles. The number of piperazine rings is 1. The van der Waals surface area contributed by atoms with Crippen molar-refractivity contribution in [3.8, 4) is 11.4 Å². The number of amides is 1. The number of rotatable bonds is 3. The van der Waals surface area contributed by atoms with Gasteiger partial charge in [-0.15, -0.1) is 0 Å². The van der Waals surface area contributed by atoms with Gasteiger partial charge in [-0.2, -0.15) is 0 Å². The van der Waals surface area contributed by atoms with Gasteiger partial charge in [0.05, 0.1) is 29.0 Å². The van der Waals surface area contributed by atoms with Gasteiger partial charge in [0, 0.05) is 54.8 Å². The Balaban J connectivity index is 1.43. The van der Waals surface area contributed by atoms with Crippen LogP contribution in [0.4, 0.5) is 4.39 Å². The van der Waals surface area contributed by atoms with Gasteiger partial charge in [0.1, 0.15) is 19.0 Å². The predicted octanol–water partition coefficient (Wildman–Crippen LogP) is 1.65. The van der Waals surface area contributed by atoms with Gasteiger partial charge < -0.3 is 24.4 Å². The summed E-state index contributed by atoms with van der Waals surface area (Å²) >= 11 is 0. The summed E-state index contributed by atoms with van der Waals surface area (Å²) < 4.78 is 22.0. The number of hydrogen-bond donors (Lipinski definition) is 2. The van der Waals surface area contributed by atoms with Crippen LogP contribution >= 0.6 is 0 Å². The Labute approximate surface area is 235 Å². The first-order valence-electron chi connectivity index (χ1n) is 14.1. The average molecular weight is 563 g/mol. The van der Waals surface area contributed by atoms with Crippen molar-refractivity contribution >= 4 is 22.8 Å². The molecule has 0 saturated carbocycles. The van der Waals surface area contributed by atoms with Crippen LogP contribution in [0.25, 0.3) is 22.3 Å². The Hall–Kier alpha value is -3.67. The number of hydrogen-bond acceptors (Lipinski definition) is 8. The van der Waals surface area contributed by atoms with E-state index in [1.807, 2.05) is 0 Å². The molecule has 2 N–H and O–H groups in total. The van der Waals surface area contributed by atoms with E-state index in [0.29, 0.717) is 55.1 Å². The van der Waals surface area contributed by atoms with Gasteiger partial charge in [0.2, 0.25) is 5.91 Å². The highest BCUT2D eigenvalue weighted by atomic mass is 19.1. The lowest BCUT2D eigenvalue weighted by molar-refractivity contribution is -0.172. The lowest BCUT2D eigenvalue weighted by Gasteiger charge is -2.42. The quantitative estimate of drug-likeness (QED) is 0.361. The summed E-state index contributed by atoms with van der Waals surface area (Å²) in [5, 5.41) is 21.5. The molecule has 1 saturated heterocycles. The molecule has 41 heavy (non-hydrogen) atoms. The van der Waals surface area contributed by atoms with Gasteiger partial charge in [-0.1, -0.05) is 6.92 Å². The summed E-state index contributed by atoms with van der Waals surface area (Å²) in [5.74, 6) is -1.40. The topological polar surface area (TPSA) is 125 Å². The molecule has 7 rings (SSSR count). The summed E-state index contributed by atoms with van der Waals surface area (Å²) in [6.45, 7) is 5.23. The van der Waals surface area contributed by atoms with E-state index in [1.54, 1.807) is 29.4 Å². The second kappa shape index (κ2) is 9.17. The maximum atomic E-state index is 15.1. The minimum Gasteiger partial charge on any atom is -0.458 e. The number of pyridine rings is 2. The van der Waals surface area contributed by atoms with Crippen LogP contribution < -0.4 is 5.56 Å². The largest absolute Gasteiger partial charge is 0.458 e. The third-order valence-electron chi connectivity index (χ3n) is 9.59. The van der Waals surface area contributed by atoms with E-state index in [4.69, 9.17) is 9.72 Å². The number of cyclic esters (lactones) is 1. The van der Waals surface area contributed by atoms with E-state index in [0.717, 1.165) is 28.5 Å². The number of carbonyl (C=O) groups excluding carboxylic acids is 2. The zero-order valence-electron chi connectivity index (χ0n) is 23.0. The standard InChI is InChI=1S/C30H31FN4O6/c1-3-30(40)19-10-23-27-17(12-35(23)28(38)18(19)14-41-29(30)39)26-22(33-6-8-34(9-7-33)24(37)13-36)5-4-16-15(2)20(31)11-21(32-27)25(16)26/h10-11,22,36,40H,3-9,12-14H2,1-2H3/t22-,30-/m0/s1. The van der Waals surface area contributed by atoms with Gasteiger partial charge >= 0.3 is 5.97 Å². The van der Waals surface area contributed by atoms with Crippen LogP contribution in [-0.2, 0) is 39.5 Å².